The first-order chi connectivity index (χ1) is 9.16. The molecule has 3 nitrogen and oxygen atoms in total. The quantitative estimate of drug-likeness (QED) is 0.847. The number of benzene rings is 1. The zero-order chi connectivity index (χ0) is 13.7. The zero-order valence-electron chi connectivity index (χ0n) is 12.0. The highest BCUT2D eigenvalue weighted by molar-refractivity contribution is 5.85. The van der Waals surface area contributed by atoms with Gasteiger partial charge in [0.1, 0.15) is 0 Å². The Labute approximate surface area is 127 Å². The molecule has 1 aromatic rings. The number of amides is 1. The largest absolute Gasteiger partial charge is 0.349 e. The lowest BCUT2D eigenvalue weighted by molar-refractivity contribution is -0.122. The SMILES string of the molecule is CC(N)CCC(=O)NC(c1ccccc1)C1CCC1.Cl. The number of rotatable bonds is 6. The van der Waals surface area contributed by atoms with Crippen LogP contribution in [0.3, 0.4) is 0 Å². The second-order valence-corrected chi connectivity index (χ2v) is 5.66. The van der Waals surface area contributed by atoms with Crippen molar-refractivity contribution in [3.05, 3.63) is 35.9 Å². The van der Waals surface area contributed by atoms with Crippen LogP contribution in [0.4, 0.5) is 0 Å². The molecule has 4 heteroatoms. The van der Waals surface area contributed by atoms with Crippen LogP contribution in [0.25, 0.3) is 0 Å². The molecule has 2 unspecified atom stereocenters. The molecule has 1 fully saturated rings. The lowest BCUT2D eigenvalue weighted by atomic mass is 9.77. The van der Waals surface area contributed by atoms with Crippen LogP contribution in [0, 0.1) is 5.92 Å². The summed E-state index contributed by atoms with van der Waals surface area (Å²) < 4.78 is 0. The minimum Gasteiger partial charge on any atom is -0.349 e. The highest BCUT2D eigenvalue weighted by Crippen LogP contribution is 2.37. The van der Waals surface area contributed by atoms with E-state index in [1.54, 1.807) is 0 Å². The predicted molar refractivity (Wildman–Crippen MR) is 84.8 cm³/mol. The standard InChI is InChI=1S/C16H24N2O.ClH/c1-12(17)10-11-15(19)18-16(14-8-5-9-14)13-6-3-2-4-7-13;/h2-4,6-7,12,14,16H,5,8-11,17H2,1H3,(H,18,19);1H. The second kappa shape index (κ2) is 8.28. The minimum atomic E-state index is 0. The molecule has 0 aliphatic heterocycles. The number of carbonyl (C=O) groups is 1. The van der Waals surface area contributed by atoms with Crippen molar-refractivity contribution in [2.45, 2.75) is 51.1 Å². The molecule has 3 N–H and O–H groups in total. The molecule has 0 spiro atoms. The Morgan fingerprint density at radius 2 is 2.00 bits per heavy atom. The van der Waals surface area contributed by atoms with Crippen LogP contribution in [0.5, 0.6) is 0 Å². The van der Waals surface area contributed by atoms with E-state index in [1.807, 2.05) is 25.1 Å². The highest BCUT2D eigenvalue weighted by atomic mass is 35.5. The molecule has 2 atom stereocenters. The third-order valence-corrected chi connectivity index (χ3v) is 3.92. The third kappa shape index (κ3) is 4.80. The fourth-order valence-corrected chi connectivity index (χ4v) is 2.51. The van der Waals surface area contributed by atoms with Crippen LogP contribution in [0.15, 0.2) is 30.3 Å². The maximum atomic E-state index is 12.0. The molecule has 112 valence electrons. The molecule has 1 aliphatic carbocycles. The Morgan fingerprint density at radius 3 is 2.50 bits per heavy atom. The maximum Gasteiger partial charge on any atom is 0.220 e. The van der Waals surface area contributed by atoms with E-state index >= 15 is 0 Å². The average Bonchev–Trinajstić information content (AvgIpc) is 2.34. The molecule has 0 saturated heterocycles. The molecule has 1 amide bonds. The molecule has 0 bridgehead atoms. The van der Waals surface area contributed by atoms with Crippen LogP contribution in [-0.2, 0) is 4.79 Å². The smallest absolute Gasteiger partial charge is 0.220 e. The van der Waals surface area contributed by atoms with Crippen molar-refractivity contribution in [1.82, 2.24) is 5.32 Å². The van der Waals surface area contributed by atoms with Gasteiger partial charge < -0.3 is 11.1 Å². The van der Waals surface area contributed by atoms with Crippen molar-refractivity contribution >= 4 is 18.3 Å². The van der Waals surface area contributed by atoms with Crippen molar-refractivity contribution in [1.29, 1.82) is 0 Å². The summed E-state index contributed by atoms with van der Waals surface area (Å²) in [6.45, 7) is 1.94. The van der Waals surface area contributed by atoms with Gasteiger partial charge in [0.05, 0.1) is 6.04 Å². The Morgan fingerprint density at radius 1 is 1.35 bits per heavy atom. The maximum absolute atomic E-state index is 12.0. The number of carbonyl (C=O) groups excluding carboxylic acids is 1. The van der Waals surface area contributed by atoms with Gasteiger partial charge in [0, 0.05) is 12.5 Å². The van der Waals surface area contributed by atoms with Crippen molar-refractivity contribution in [3.8, 4) is 0 Å². The van der Waals surface area contributed by atoms with Crippen LogP contribution in [-0.4, -0.2) is 11.9 Å². The van der Waals surface area contributed by atoms with E-state index < -0.39 is 0 Å². The highest BCUT2D eigenvalue weighted by Gasteiger charge is 2.29. The first-order valence-corrected chi connectivity index (χ1v) is 7.26. The fraction of sp³-hybridized carbons (Fsp3) is 0.562. The third-order valence-electron chi connectivity index (χ3n) is 3.92. The van der Waals surface area contributed by atoms with Gasteiger partial charge >= 0.3 is 0 Å². The predicted octanol–water partition coefficient (Wildman–Crippen LogP) is 3.19. The van der Waals surface area contributed by atoms with Gasteiger partial charge in [-0.3, -0.25) is 4.79 Å². The monoisotopic (exact) mass is 296 g/mol. The van der Waals surface area contributed by atoms with Gasteiger partial charge in [-0.25, -0.2) is 0 Å². The van der Waals surface area contributed by atoms with Gasteiger partial charge in [0.2, 0.25) is 5.91 Å². The van der Waals surface area contributed by atoms with Gasteiger partial charge in [-0.05, 0) is 37.7 Å². The van der Waals surface area contributed by atoms with Crippen LogP contribution in [0.2, 0.25) is 0 Å². The first-order valence-electron chi connectivity index (χ1n) is 7.26. The summed E-state index contributed by atoms with van der Waals surface area (Å²) in [6, 6.07) is 10.6. The minimum absolute atomic E-state index is 0. The van der Waals surface area contributed by atoms with Crippen molar-refractivity contribution in [2.24, 2.45) is 11.7 Å². The van der Waals surface area contributed by atoms with E-state index in [0.29, 0.717) is 12.3 Å². The summed E-state index contributed by atoms with van der Waals surface area (Å²) in [5.74, 6) is 0.722. The lowest BCUT2D eigenvalue weighted by Gasteiger charge is -2.34. The van der Waals surface area contributed by atoms with E-state index in [1.165, 1.54) is 24.8 Å². The van der Waals surface area contributed by atoms with E-state index in [0.717, 1.165) is 6.42 Å². The molecule has 0 aromatic heterocycles. The number of hydrogen-bond acceptors (Lipinski definition) is 2. The summed E-state index contributed by atoms with van der Waals surface area (Å²) in [5.41, 5.74) is 6.92. The van der Waals surface area contributed by atoms with Crippen molar-refractivity contribution < 1.29 is 4.79 Å². The molecule has 1 aromatic carbocycles. The van der Waals surface area contributed by atoms with Gasteiger partial charge in [-0.2, -0.15) is 0 Å². The Hall–Kier alpha value is -1.06. The van der Waals surface area contributed by atoms with E-state index in [-0.39, 0.29) is 30.4 Å². The molecule has 1 saturated carbocycles. The van der Waals surface area contributed by atoms with Crippen LogP contribution >= 0.6 is 12.4 Å². The summed E-state index contributed by atoms with van der Waals surface area (Å²) in [5, 5.41) is 3.20. The fourth-order valence-electron chi connectivity index (χ4n) is 2.51. The molecular formula is C16H25ClN2O. The molecule has 1 aliphatic rings. The number of nitrogens with one attached hydrogen (secondary N) is 1. The summed E-state index contributed by atoms with van der Waals surface area (Å²) in [7, 11) is 0. The van der Waals surface area contributed by atoms with Gasteiger partial charge in [-0.15, -0.1) is 12.4 Å². The zero-order valence-corrected chi connectivity index (χ0v) is 12.9. The number of hydrogen-bond donors (Lipinski definition) is 2. The Balaban J connectivity index is 0.00000200. The van der Waals surface area contributed by atoms with E-state index in [4.69, 9.17) is 5.73 Å². The second-order valence-electron chi connectivity index (χ2n) is 5.66. The van der Waals surface area contributed by atoms with E-state index in [9.17, 15) is 4.79 Å². The van der Waals surface area contributed by atoms with Gasteiger partial charge in [-0.1, -0.05) is 36.8 Å². The Kier molecular flexibility index (Phi) is 7.03. The van der Waals surface area contributed by atoms with Gasteiger partial charge in [0.15, 0.2) is 0 Å². The summed E-state index contributed by atoms with van der Waals surface area (Å²) >= 11 is 0. The molecule has 0 heterocycles. The average molecular weight is 297 g/mol. The topological polar surface area (TPSA) is 55.1 Å². The van der Waals surface area contributed by atoms with Crippen molar-refractivity contribution in [2.75, 3.05) is 0 Å². The van der Waals surface area contributed by atoms with Crippen LogP contribution < -0.4 is 11.1 Å². The van der Waals surface area contributed by atoms with Crippen molar-refractivity contribution in [3.63, 3.8) is 0 Å². The van der Waals surface area contributed by atoms with Gasteiger partial charge in [0.25, 0.3) is 0 Å². The first kappa shape index (κ1) is 17.0. The molecular weight excluding hydrogens is 272 g/mol. The van der Waals surface area contributed by atoms with E-state index in [2.05, 4.69) is 17.4 Å². The lowest BCUT2D eigenvalue weighted by Crippen LogP contribution is -2.36. The number of halogens is 1. The number of nitrogens with two attached hydrogens (primary N) is 1. The normalized spacial score (nSPS) is 17.5. The summed E-state index contributed by atoms with van der Waals surface area (Å²) in [4.78, 5) is 12.0. The summed E-state index contributed by atoms with van der Waals surface area (Å²) in [6.07, 6.45) is 4.98. The molecule has 0 radical (unpaired) electrons. The van der Waals surface area contributed by atoms with Crippen LogP contribution in [0.1, 0.15) is 50.6 Å². The molecule has 2 rings (SSSR count). The Bertz CT molecular complexity index is 404. The molecule has 20 heavy (non-hydrogen) atoms.